The minimum atomic E-state index is 0.112. The van der Waals surface area contributed by atoms with E-state index in [1.54, 1.807) is 6.20 Å². The number of hydrogen-bond donors (Lipinski definition) is 0. The Bertz CT molecular complexity index is 1030. The van der Waals surface area contributed by atoms with Gasteiger partial charge in [-0.15, -0.1) is 0 Å². The van der Waals surface area contributed by atoms with Crippen LogP contribution in [0.4, 0.5) is 5.69 Å². The quantitative estimate of drug-likeness (QED) is 0.679. The van der Waals surface area contributed by atoms with Gasteiger partial charge in [0.2, 0.25) is 0 Å². The van der Waals surface area contributed by atoms with Crippen molar-refractivity contribution in [1.29, 1.82) is 0 Å². The van der Waals surface area contributed by atoms with E-state index in [1.807, 2.05) is 43.0 Å². The molecule has 1 saturated heterocycles. The third-order valence-corrected chi connectivity index (χ3v) is 6.02. The number of aryl methyl sites for hydroxylation is 2. The number of carbonyl (C=O) groups excluding carboxylic acids is 1. The Hall–Kier alpha value is -3.08. The minimum absolute atomic E-state index is 0.112. The fraction of sp³-hybridized carbons (Fsp3) is 0.333. The molecule has 3 aromatic rings. The van der Waals surface area contributed by atoms with E-state index in [4.69, 9.17) is 0 Å². The predicted molar refractivity (Wildman–Crippen MR) is 117 cm³/mol. The van der Waals surface area contributed by atoms with Crippen molar-refractivity contribution in [2.75, 3.05) is 31.1 Å². The van der Waals surface area contributed by atoms with Crippen LogP contribution in [0.2, 0.25) is 0 Å². The van der Waals surface area contributed by atoms with E-state index in [2.05, 4.69) is 46.5 Å². The second-order valence-corrected chi connectivity index (χ2v) is 7.81. The molecule has 0 bridgehead atoms. The first-order valence-electron chi connectivity index (χ1n) is 10.2. The molecular weight excluding hydrogens is 360 g/mol. The van der Waals surface area contributed by atoms with Gasteiger partial charge in [-0.05, 0) is 63.1 Å². The van der Waals surface area contributed by atoms with Crippen LogP contribution in [0.3, 0.4) is 0 Å². The smallest absolute Gasteiger partial charge is 0.255 e. The average molecular weight is 389 g/mol. The summed E-state index contributed by atoms with van der Waals surface area (Å²) in [6.45, 7) is 11.5. The molecule has 0 N–H and O–H groups in total. The molecule has 0 unspecified atom stereocenters. The standard InChI is InChI=1S/C24H28N4O/c1-17-8-7-9-22(19(17)3)26-12-14-27(15-13-26)24(29)21-16-18(2)28(20(21)4)23-10-5-6-11-25-23/h5-11,16H,12-15H2,1-4H3. The first-order chi connectivity index (χ1) is 14.0. The molecule has 3 heterocycles. The summed E-state index contributed by atoms with van der Waals surface area (Å²) in [4.78, 5) is 22.1. The van der Waals surface area contributed by atoms with E-state index >= 15 is 0 Å². The van der Waals surface area contributed by atoms with E-state index in [0.29, 0.717) is 0 Å². The maximum Gasteiger partial charge on any atom is 0.255 e. The van der Waals surface area contributed by atoms with Crippen molar-refractivity contribution >= 4 is 11.6 Å². The zero-order chi connectivity index (χ0) is 20.5. The number of amides is 1. The number of aromatic nitrogens is 2. The highest BCUT2D eigenvalue weighted by molar-refractivity contribution is 5.96. The number of piperazine rings is 1. The Balaban J connectivity index is 1.51. The van der Waals surface area contributed by atoms with Gasteiger partial charge in [-0.2, -0.15) is 0 Å². The van der Waals surface area contributed by atoms with Crippen molar-refractivity contribution in [3.05, 3.63) is 76.7 Å². The molecule has 2 aromatic heterocycles. The van der Waals surface area contributed by atoms with Crippen LogP contribution < -0.4 is 4.90 Å². The zero-order valence-corrected chi connectivity index (χ0v) is 17.6. The Morgan fingerprint density at radius 3 is 2.38 bits per heavy atom. The van der Waals surface area contributed by atoms with Gasteiger partial charge in [0.1, 0.15) is 5.82 Å². The molecule has 4 rings (SSSR count). The molecule has 29 heavy (non-hydrogen) atoms. The van der Waals surface area contributed by atoms with Crippen molar-refractivity contribution < 1.29 is 4.79 Å². The molecule has 0 aliphatic carbocycles. The number of benzene rings is 1. The van der Waals surface area contributed by atoms with Gasteiger partial charge in [-0.1, -0.05) is 18.2 Å². The van der Waals surface area contributed by atoms with Crippen molar-refractivity contribution in [2.24, 2.45) is 0 Å². The van der Waals surface area contributed by atoms with Gasteiger partial charge in [0, 0.05) is 49.5 Å². The highest BCUT2D eigenvalue weighted by Crippen LogP contribution is 2.25. The van der Waals surface area contributed by atoms with E-state index in [1.165, 1.54) is 16.8 Å². The van der Waals surface area contributed by atoms with Crippen LogP contribution in [0, 0.1) is 27.7 Å². The molecule has 1 aliphatic rings. The third-order valence-electron chi connectivity index (χ3n) is 6.02. The highest BCUT2D eigenvalue weighted by atomic mass is 16.2. The lowest BCUT2D eigenvalue weighted by molar-refractivity contribution is 0.0746. The largest absolute Gasteiger partial charge is 0.368 e. The molecule has 1 aromatic carbocycles. The van der Waals surface area contributed by atoms with Gasteiger partial charge in [-0.3, -0.25) is 4.79 Å². The lowest BCUT2D eigenvalue weighted by Crippen LogP contribution is -2.49. The van der Waals surface area contributed by atoms with Crippen LogP contribution in [0.15, 0.2) is 48.7 Å². The van der Waals surface area contributed by atoms with Crippen LogP contribution in [-0.2, 0) is 0 Å². The van der Waals surface area contributed by atoms with Crippen LogP contribution in [0.1, 0.15) is 32.9 Å². The van der Waals surface area contributed by atoms with Crippen molar-refractivity contribution in [3.63, 3.8) is 0 Å². The zero-order valence-electron chi connectivity index (χ0n) is 17.6. The summed E-state index contributed by atoms with van der Waals surface area (Å²) in [7, 11) is 0. The summed E-state index contributed by atoms with van der Waals surface area (Å²) in [5.74, 6) is 0.960. The first-order valence-corrected chi connectivity index (χ1v) is 10.2. The van der Waals surface area contributed by atoms with Gasteiger partial charge in [-0.25, -0.2) is 4.98 Å². The number of rotatable bonds is 3. The molecule has 0 radical (unpaired) electrons. The maximum atomic E-state index is 13.3. The fourth-order valence-electron chi connectivity index (χ4n) is 4.22. The molecule has 150 valence electrons. The topological polar surface area (TPSA) is 41.4 Å². The predicted octanol–water partition coefficient (Wildman–Crippen LogP) is 4.07. The van der Waals surface area contributed by atoms with Crippen LogP contribution in [0.5, 0.6) is 0 Å². The van der Waals surface area contributed by atoms with Crippen LogP contribution in [-0.4, -0.2) is 46.5 Å². The summed E-state index contributed by atoms with van der Waals surface area (Å²) in [6.07, 6.45) is 1.78. The van der Waals surface area contributed by atoms with Crippen LogP contribution >= 0.6 is 0 Å². The lowest BCUT2D eigenvalue weighted by atomic mass is 10.1. The first kappa shape index (κ1) is 19.2. The van der Waals surface area contributed by atoms with E-state index in [-0.39, 0.29) is 5.91 Å². The van der Waals surface area contributed by atoms with E-state index in [0.717, 1.165) is 48.9 Å². The molecular formula is C24H28N4O. The molecule has 0 atom stereocenters. The van der Waals surface area contributed by atoms with E-state index in [9.17, 15) is 4.79 Å². The van der Waals surface area contributed by atoms with Gasteiger partial charge in [0.05, 0.1) is 5.56 Å². The minimum Gasteiger partial charge on any atom is -0.368 e. The van der Waals surface area contributed by atoms with Crippen molar-refractivity contribution in [2.45, 2.75) is 27.7 Å². The fourth-order valence-corrected chi connectivity index (χ4v) is 4.22. The van der Waals surface area contributed by atoms with Gasteiger partial charge in [0.15, 0.2) is 0 Å². The number of hydrogen-bond acceptors (Lipinski definition) is 3. The van der Waals surface area contributed by atoms with Gasteiger partial charge >= 0.3 is 0 Å². The molecule has 1 aliphatic heterocycles. The summed E-state index contributed by atoms with van der Waals surface area (Å²) in [6, 6.07) is 14.3. The van der Waals surface area contributed by atoms with Crippen LogP contribution in [0.25, 0.3) is 5.82 Å². The van der Waals surface area contributed by atoms with E-state index < -0.39 is 0 Å². The SMILES string of the molecule is Cc1cccc(N2CCN(C(=O)c3cc(C)n(-c4ccccn4)c3C)CC2)c1C. The Morgan fingerprint density at radius 2 is 1.69 bits per heavy atom. The third kappa shape index (κ3) is 3.53. The second-order valence-electron chi connectivity index (χ2n) is 7.81. The molecule has 0 saturated carbocycles. The summed E-state index contributed by atoms with van der Waals surface area (Å²) in [5, 5.41) is 0. The number of nitrogens with zero attached hydrogens (tertiary/aromatic N) is 4. The molecule has 5 heteroatoms. The maximum absolute atomic E-state index is 13.3. The lowest BCUT2D eigenvalue weighted by Gasteiger charge is -2.37. The summed E-state index contributed by atoms with van der Waals surface area (Å²) in [5.41, 5.74) is 6.66. The molecule has 5 nitrogen and oxygen atoms in total. The van der Waals surface area contributed by atoms with Crippen molar-refractivity contribution in [1.82, 2.24) is 14.5 Å². The number of pyridine rings is 1. The monoisotopic (exact) mass is 388 g/mol. The Kier molecular flexibility index (Phi) is 5.14. The molecule has 1 amide bonds. The summed E-state index contributed by atoms with van der Waals surface area (Å²) >= 11 is 0. The second kappa shape index (κ2) is 7.74. The molecule has 0 spiro atoms. The number of anilines is 1. The number of carbonyl (C=O) groups is 1. The van der Waals surface area contributed by atoms with Gasteiger partial charge < -0.3 is 14.4 Å². The Labute approximate surface area is 172 Å². The highest BCUT2D eigenvalue weighted by Gasteiger charge is 2.26. The van der Waals surface area contributed by atoms with Crippen molar-refractivity contribution in [3.8, 4) is 5.82 Å². The summed E-state index contributed by atoms with van der Waals surface area (Å²) < 4.78 is 2.06. The normalized spacial score (nSPS) is 14.3. The van der Waals surface area contributed by atoms with Gasteiger partial charge in [0.25, 0.3) is 5.91 Å². The molecule has 1 fully saturated rings. The Morgan fingerprint density at radius 1 is 0.931 bits per heavy atom. The average Bonchev–Trinajstić information content (AvgIpc) is 3.04.